The Bertz CT molecular complexity index is 1060. The molecule has 1 atom stereocenters. The van der Waals surface area contributed by atoms with Gasteiger partial charge in [-0.05, 0) is 24.0 Å². The van der Waals surface area contributed by atoms with Crippen LogP contribution in [0.2, 0.25) is 0 Å². The number of nitrogens with two attached hydrogens (primary N) is 1. The zero-order valence-corrected chi connectivity index (χ0v) is 16.1. The third kappa shape index (κ3) is 3.39. The van der Waals surface area contributed by atoms with Crippen LogP contribution in [0.1, 0.15) is 11.7 Å². The van der Waals surface area contributed by atoms with Gasteiger partial charge in [0.15, 0.2) is 11.0 Å². The van der Waals surface area contributed by atoms with E-state index in [0.717, 1.165) is 16.4 Å². The molecule has 0 amide bonds. The van der Waals surface area contributed by atoms with Crippen molar-refractivity contribution in [2.75, 3.05) is 12.0 Å². The quantitative estimate of drug-likeness (QED) is 0.490. The Balaban J connectivity index is 1.70. The normalized spacial score (nSPS) is 12.2. The van der Waals surface area contributed by atoms with E-state index in [4.69, 9.17) is 5.73 Å². The molecule has 4 rings (SSSR count). The van der Waals surface area contributed by atoms with Crippen molar-refractivity contribution in [1.29, 1.82) is 0 Å². The van der Waals surface area contributed by atoms with Crippen molar-refractivity contribution in [3.8, 4) is 17.1 Å². The van der Waals surface area contributed by atoms with Crippen LogP contribution >= 0.6 is 11.8 Å². The van der Waals surface area contributed by atoms with Crippen molar-refractivity contribution in [1.82, 2.24) is 24.5 Å². The Kier molecular flexibility index (Phi) is 5.14. The van der Waals surface area contributed by atoms with E-state index in [2.05, 4.69) is 15.3 Å². The fourth-order valence-electron chi connectivity index (χ4n) is 3.04. The number of aliphatic hydroxyl groups excluding tert-OH is 1. The molecule has 1 unspecified atom stereocenters. The number of rotatable bonds is 6. The molecule has 2 heterocycles. The molecule has 0 fully saturated rings. The van der Waals surface area contributed by atoms with Gasteiger partial charge in [-0.3, -0.25) is 4.57 Å². The second-order valence-corrected chi connectivity index (χ2v) is 7.01. The highest BCUT2D eigenvalue weighted by atomic mass is 32.2. The summed E-state index contributed by atoms with van der Waals surface area (Å²) in [5.41, 5.74) is 8.80. The molecule has 0 aliphatic carbocycles. The van der Waals surface area contributed by atoms with Crippen LogP contribution in [-0.4, -0.2) is 35.9 Å². The highest BCUT2D eigenvalue weighted by molar-refractivity contribution is 7.98. The largest absolute Gasteiger partial charge is 0.386 e. The average molecular weight is 392 g/mol. The summed E-state index contributed by atoms with van der Waals surface area (Å²) in [5, 5.41) is 24.3. The summed E-state index contributed by atoms with van der Waals surface area (Å²) in [5.74, 6) is 1.06. The Hall–Kier alpha value is -3.10. The van der Waals surface area contributed by atoms with Crippen LogP contribution in [0.15, 0.2) is 72.0 Å². The number of nitrogen functional groups attached to an aromatic ring is 1. The first-order chi connectivity index (χ1) is 13.7. The van der Waals surface area contributed by atoms with Crippen LogP contribution < -0.4 is 5.73 Å². The number of benzene rings is 2. The van der Waals surface area contributed by atoms with Crippen LogP contribution in [0, 0.1) is 0 Å². The topological polar surface area (TPSA) is 94.8 Å². The van der Waals surface area contributed by atoms with Crippen LogP contribution in [0.5, 0.6) is 0 Å². The first-order valence-electron chi connectivity index (χ1n) is 8.78. The molecule has 3 N–H and O–H groups in total. The van der Waals surface area contributed by atoms with Crippen LogP contribution in [0.3, 0.4) is 0 Å². The molecule has 8 heteroatoms. The zero-order chi connectivity index (χ0) is 19.5. The van der Waals surface area contributed by atoms with Crippen LogP contribution in [0.4, 0.5) is 5.82 Å². The number of thioether (sulfide) groups is 1. The lowest BCUT2D eigenvalue weighted by atomic mass is 10.1. The summed E-state index contributed by atoms with van der Waals surface area (Å²) in [7, 11) is 0. The summed E-state index contributed by atoms with van der Waals surface area (Å²) in [4.78, 5) is 0. The van der Waals surface area contributed by atoms with Gasteiger partial charge in [-0.1, -0.05) is 60.3 Å². The van der Waals surface area contributed by atoms with E-state index in [9.17, 15) is 5.11 Å². The Morgan fingerprint density at radius 3 is 2.39 bits per heavy atom. The number of para-hydroxylation sites is 1. The molecule has 0 saturated heterocycles. The molecular weight excluding hydrogens is 372 g/mol. The van der Waals surface area contributed by atoms with Crippen molar-refractivity contribution in [3.05, 3.63) is 72.4 Å². The van der Waals surface area contributed by atoms with Crippen molar-refractivity contribution >= 4 is 17.6 Å². The van der Waals surface area contributed by atoms with Crippen molar-refractivity contribution in [3.63, 3.8) is 0 Å². The fourth-order valence-corrected chi connectivity index (χ4v) is 3.54. The molecule has 0 bridgehead atoms. The molecule has 0 saturated carbocycles. The maximum absolute atomic E-state index is 10.5. The summed E-state index contributed by atoms with van der Waals surface area (Å²) < 4.78 is 3.55. The van der Waals surface area contributed by atoms with Crippen molar-refractivity contribution in [2.24, 2.45) is 0 Å². The van der Waals surface area contributed by atoms with Crippen molar-refractivity contribution in [2.45, 2.75) is 17.8 Å². The van der Waals surface area contributed by atoms with Gasteiger partial charge in [-0.2, -0.15) is 5.10 Å². The van der Waals surface area contributed by atoms with E-state index in [0.29, 0.717) is 17.2 Å². The van der Waals surface area contributed by atoms with E-state index >= 15 is 0 Å². The first-order valence-corrected chi connectivity index (χ1v) is 10.0. The lowest BCUT2D eigenvalue weighted by Gasteiger charge is -2.13. The summed E-state index contributed by atoms with van der Waals surface area (Å²) >= 11 is 1.51. The second-order valence-electron chi connectivity index (χ2n) is 6.23. The first kappa shape index (κ1) is 18.3. The highest BCUT2D eigenvalue weighted by Gasteiger charge is 2.21. The minimum absolute atomic E-state index is 0.255. The van der Waals surface area contributed by atoms with Gasteiger partial charge in [-0.25, -0.2) is 4.68 Å². The number of nitrogens with zero attached hydrogens (tertiary/aromatic N) is 5. The van der Waals surface area contributed by atoms with E-state index in [1.54, 1.807) is 10.9 Å². The summed E-state index contributed by atoms with van der Waals surface area (Å²) in [6.45, 7) is 0.255. The second kappa shape index (κ2) is 7.87. The van der Waals surface area contributed by atoms with Gasteiger partial charge < -0.3 is 10.8 Å². The van der Waals surface area contributed by atoms with Crippen molar-refractivity contribution < 1.29 is 5.11 Å². The Labute approximate surface area is 166 Å². The highest BCUT2D eigenvalue weighted by Crippen LogP contribution is 2.30. The molecule has 7 nitrogen and oxygen atoms in total. The third-order valence-corrected chi connectivity index (χ3v) is 5.11. The Morgan fingerprint density at radius 2 is 1.71 bits per heavy atom. The van der Waals surface area contributed by atoms with Gasteiger partial charge in [0.2, 0.25) is 0 Å². The SMILES string of the molecule is CSc1nnc(-c2cnn(CC(O)c3ccccc3)c2N)n1-c1ccccc1. The molecule has 0 spiro atoms. The summed E-state index contributed by atoms with van der Waals surface area (Å²) in [6, 6.07) is 19.3. The zero-order valence-electron chi connectivity index (χ0n) is 15.3. The molecule has 2 aromatic heterocycles. The molecule has 0 aliphatic heterocycles. The van der Waals surface area contributed by atoms with Crippen LogP contribution in [-0.2, 0) is 6.54 Å². The lowest BCUT2D eigenvalue weighted by Crippen LogP contribution is -2.12. The number of aliphatic hydroxyl groups is 1. The lowest BCUT2D eigenvalue weighted by molar-refractivity contribution is 0.152. The molecular formula is C20H20N6OS. The summed E-state index contributed by atoms with van der Waals surface area (Å²) in [6.07, 6.45) is 2.92. The standard InChI is InChI=1S/C20H20N6OS/c1-28-20-24-23-19(26(20)15-10-6-3-7-11-15)16-12-22-25(18(16)21)13-17(27)14-8-4-2-5-9-14/h2-12,17,27H,13,21H2,1H3. The van der Waals surface area contributed by atoms with E-state index < -0.39 is 6.10 Å². The van der Waals surface area contributed by atoms with E-state index in [1.165, 1.54) is 11.8 Å². The smallest absolute Gasteiger partial charge is 0.195 e. The van der Waals surface area contributed by atoms with Gasteiger partial charge in [0.1, 0.15) is 5.82 Å². The number of aromatic nitrogens is 5. The molecule has 0 radical (unpaired) electrons. The van der Waals surface area contributed by atoms with E-state index in [1.807, 2.05) is 71.5 Å². The average Bonchev–Trinajstić information content (AvgIpc) is 3.32. The maximum atomic E-state index is 10.5. The molecule has 28 heavy (non-hydrogen) atoms. The fraction of sp³-hybridized carbons (Fsp3) is 0.150. The predicted molar refractivity (Wildman–Crippen MR) is 110 cm³/mol. The van der Waals surface area contributed by atoms with Gasteiger partial charge in [0.05, 0.1) is 24.4 Å². The van der Waals surface area contributed by atoms with Gasteiger partial charge >= 0.3 is 0 Å². The molecule has 2 aromatic carbocycles. The van der Waals surface area contributed by atoms with Gasteiger partial charge in [-0.15, -0.1) is 10.2 Å². The number of hydrogen-bond acceptors (Lipinski definition) is 6. The molecule has 142 valence electrons. The Morgan fingerprint density at radius 1 is 1.04 bits per heavy atom. The van der Waals surface area contributed by atoms with Gasteiger partial charge in [0, 0.05) is 5.69 Å². The monoisotopic (exact) mass is 392 g/mol. The minimum atomic E-state index is -0.704. The maximum Gasteiger partial charge on any atom is 0.195 e. The van der Waals surface area contributed by atoms with Crippen LogP contribution in [0.25, 0.3) is 17.1 Å². The molecule has 4 aromatic rings. The third-order valence-electron chi connectivity index (χ3n) is 4.48. The number of hydrogen-bond donors (Lipinski definition) is 2. The predicted octanol–water partition coefficient (Wildman–Crippen LogP) is 3.17. The minimum Gasteiger partial charge on any atom is -0.386 e. The van der Waals surface area contributed by atoms with E-state index in [-0.39, 0.29) is 6.54 Å². The number of anilines is 1. The molecule has 0 aliphatic rings. The van der Waals surface area contributed by atoms with Gasteiger partial charge in [0.25, 0.3) is 0 Å².